The minimum Gasteiger partial charge on any atom is -0.228 e. The third kappa shape index (κ3) is 1.94. The summed E-state index contributed by atoms with van der Waals surface area (Å²) in [6.45, 7) is 0. The SMILES string of the molecule is CN1C(Cl)=NC(c2ccccc2)=NS1(=O)=O. The van der Waals surface area contributed by atoms with Crippen molar-refractivity contribution in [2.75, 3.05) is 7.05 Å². The summed E-state index contributed by atoms with van der Waals surface area (Å²) in [5, 5.41) is -0.117. The third-order valence-electron chi connectivity index (χ3n) is 2.04. The van der Waals surface area contributed by atoms with Crippen LogP contribution in [0.3, 0.4) is 0 Å². The first kappa shape index (κ1) is 11.1. The topological polar surface area (TPSA) is 62.1 Å². The number of halogens is 1. The molecule has 0 saturated carbocycles. The highest BCUT2D eigenvalue weighted by Gasteiger charge is 2.25. The molecular formula is C9H8ClN3O2S. The fraction of sp³-hybridized carbons (Fsp3) is 0.111. The van der Waals surface area contributed by atoms with Crippen molar-refractivity contribution in [1.82, 2.24) is 4.31 Å². The Kier molecular flexibility index (Phi) is 2.69. The quantitative estimate of drug-likeness (QED) is 0.710. The number of rotatable bonds is 1. The van der Waals surface area contributed by atoms with Crippen LogP contribution in [0.2, 0.25) is 0 Å². The van der Waals surface area contributed by atoms with E-state index in [1.54, 1.807) is 24.3 Å². The van der Waals surface area contributed by atoms with Crippen LogP contribution < -0.4 is 0 Å². The van der Waals surface area contributed by atoms with E-state index in [0.717, 1.165) is 4.31 Å². The van der Waals surface area contributed by atoms with Crippen LogP contribution in [0.25, 0.3) is 0 Å². The van der Waals surface area contributed by atoms with Crippen molar-refractivity contribution < 1.29 is 8.42 Å². The molecule has 1 aromatic rings. The first-order chi connectivity index (χ1) is 7.50. The summed E-state index contributed by atoms with van der Waals surface area (Å²) in [4.78, 5) is 3.91. The molecular weight excluding hydrogens is 250 g/mol. The molecule has 0 unspecified atom stereocenters. The molecule has 0 spiro atoms. The number of amidine groups is 2. The average molecular weight is 258 g/mol. The Balaban J connectivity index is 2.53. The summed E-state index contributed by atoms with van der Waals surface area (Å²) < 4.78 is 27.5. The van der Waals surface area contributed by atoms with Crippen molar-refractivity contribution >= 4 is 32.9 Å². The standard InChI is InChI=1S/C9H8ClN3O2S/c1-13-9(10)11-8(12-16(13,14)15)7-5-3-2-4-6-7/h2-6H,1H3. The van der Waals surface area contributed by atoms with Gasteiger partial charge in [-0.05, 0) is 11.6 Å². The molecule has 7 heteroatoms. The van der Waals surface area contributed by atoms with Gasteiger partial charge in [0.15, 0.2) is 5.84 Å². The first-order valence-corrected chi connectivity index (χ1v) is 6.16. The van der Waals surface area contributed by atoms with Crippen LogP contribution in [0.15, 0.2) is 39.7 Å². The molecule has 0 radical (unpaired) electrons. The van der Waals surface area contributed by atoms with Crippen LogP contribution in [-0.4, -0.2) is 30.9 Å². The van der Waals surface area contributed by atoms with Crippen LogP contribution in [-0.2, 0) is 10.2 Å². The number of aliphatic imine (C=N–C) groups is 1. The van der Waals surface area contributed by atoms with Gasteiger partial charge >= 0.3 is 10.2 Å². The van der Waals surface area contributed by atoms with E-state index >= 15 is 0 Å². The molecule has 1 aliphatic heterocycles. The monoisotopic (exact) mass is 257 g/mol. The molecule has 1 heterocycles. The van der Waals surface area contributed by atoms with E-state index in [-0.39, 0.29) is 11.1 Å². The van der Waals surface area contributed by atoms with Crippen molar-refractivity contribution in [2.45, 2.75) is 0 Å². The summed E-state index contributed by atoms with van der Waals surface area (Å²) in [6.07, 6.45) is 0. The summed E-state index contributed by atoms with van der Waals surface area (Å²) in [6, 6.07) is 8.79. The lowest BCUT2D eigenvalue weighted by Crippen LogP contribution is -2.33. The Bertz CT molecular complexity index is 566. The molecule has 0 atom stereocenters. The van der Waals surface area contributed by atoms with Crippen molar-refractivity contribution in [1.29, 1.82) is 0 Å². The van der Waals surface area contributed by atoms with Crippen molar-refractivity contribution in [3.63, 3.8) is 0 Å². The summed E-state index contributed by atoms with van der Waals surface area (Å²) in [5.74, 6) is 0.101. The molecule has 0 bridgehead atoms. The predicted octanol–water partition coefficient (Wildman–Crippen LogP) is 1.22. The molecule has 16 heavy (non-hydrogen) atoms. The van der Waals surface area contributed by atoms with E-state index in [4.69, 9.17) is 11.6 Å². The second-order valence-electron chi connectivity index (χ2n) is 3.11. The van der Waals surface area contributed by atoms with Gasteiger partial charge < -0.3 is 0 Å². The van der Waals surface area contributed by atoms with Crippen molar-refractivity contribution in [3.8, 4) is 0 Å². The maximum Gasteiger partial charge on any atom is 0.348 e. The van der Waals surface area contributed by atoms with E-state index in [1.807, 2.05) is 6.07 Å². The van der Waals surface area contributed by atoms with Crippen LogP contribution in [0.5, 0.6) is 0 Å². The molecule has 5 nitrogen and oxygen atoms in total. The van der Waals surface area contributed by atoms with E-state index in [1.165, 1.54) is 7.05 Å². The minimum absolute atomic E-state index is 0.101. The Hall–Kier alpha value is -1.40. The lowest BCUT2D eigenvalue weighted by atomic mass is 10.2. The second-order valence-corrected chi connectivity index (χ2v) is 5.07. The number of nitrogens with zero attached hydrogens (tertiary/aromatic N) is 3. The van der Waals surface area contributed by atoms with Gasteiger partial charge in [0.1, 0.15) is 0 Å². The van der Waals surface area contributed by atoms with E-state index in [2.05, 4.69) is 9.39 Å². The van der Waals surface area contributed by atoms with Gasteiger partial charge in [0.2, 0.25) is 5.29 Å². The lowest BCUT2D eigenvalue weighted by molar-refractivity contribution is 0.555. The number of benzene rings is 1. The van der Waals surface area contributed by atoms with E-state index in [9.17, 15) is 8.42 Å². The highest BCUT2D eigenvalue weighted by atomic mass is 35.5. The fourth-order valence-electron chi connectivity index (χ4n) is 1.15. The van der Waals surface area contributed by atoms with Crippen LogP contribution in [0.1, 0.15) is 5.56 Å². The summed E-state index contributed by atoms with van der Waals surface area (Å²) in [7, 11) is -2.45. The molecule has 84 valence electrons. The zero-order chi connectivity index (χ0) is 11.8. The van der Waals surface area contributed by atoms with E-state index in [0.29, 0.717) is 5.56 Å². The molecule has 1 aliphatic rings. The van der Waals surface area contributed by atoms with Crippen LogP contribution >= 0.6 is 11.6 Å². The van der Waals surface area contributed by atoms with Crippen molar-refractivity contribution in [3.05, 3.63) is 35.9 Å². The molecule has 0 aromatic heterocycles. The zero-order valence-corrected chi connectivity index (χ0v) is 9.90. The summed E-state index contributed by atoms with van der Waals surface area (Å²) >= 11 is 5.71. The molecule has 2 rings (SSSR count). The van der Waals surface area contributed by atoms with Gasteiger partial charge in [-0.25, -0.2) is 4.31 Å². The number of hydrogen-bond acceptors (Lipinski definition) is 3. The average Bonchev–Trinajstić information content (AvgIpc) is 2.26. The van der Waals surface area contributed by atoms with Gasteiger partial charge in [0.05, 0.1) is 0 Å². The van der Waals surface area contributed by atoms with Gasteiger partial charge in [-0.3, -0.25) is 0 Å². The van der Waals surface area contributed by atoms with Crippen molar-refractivity contribution in [2.24, 2.45) is 9.39 Å². The smallest absolute Gasteiger partial charge is 0.228 e. The maximum atomic E-state index is 11.5. The molecule has 0 amide bonds. The van der Waals surface area contributed by atoms with Gasteiger partial charge in [-0.1, -0.05) is 30.3 Å². The third-order valence-corrected chi connectivity index (χ3v) is 3.74. The minimum atomic E-state index is -3.75. The van der Waals surface area contributed by atoms with Gasteiger partial charge in [0.25, 0.3) is 0 Å². The molecule has 0 aliphatic carbocycles. The maximum absolute atomic E-state index is 11.5. The fourth-order valence-corrected chi connectivity index (χ4v) is 2.21. The number of hydrogen-bond donors (Lipinski definition) is 0. The van der Waals surface area contributed by atoms with Crippen LogP contribution in [0, 0.1) is 0 Å². The summed E-state index contributed by atoms with van der Waals surface area (Å²) in [5.41, 5.74) is 0.609. The molecule has 0 N–H and O–H groups in total. The Labute approximate surface area is 98.3 Å². The molecule has 1 aromatic carbocycles. The highest BCUT2D eigenvalue weighted by molar-refractivity contribution is 7.88. The van der Waals surface area contributed by atoms with Gasteiger partial charge in [-0.15, -0.1) is 4.40 Å². The molecule has 0 saturated heterocycles. The Morgan fingerprint density at radius 3 is 2.44 bits per heavy atom. The van der Waals surface area contributed by atoms with E-state index < -0.39 is 10.2 Å². The van der Waals surface area contributed by atoms with Gasteiger partial charge in [-0.2, -0.15) is 13.4 Å². The second kappa shape index (κ2) is 3.88. The highest BCUT2D eigenvalue weighted by Crippen LogP contribution is 2.15. The largest absolute Gasteiger partial charge is 0.348 e. The zero-order valence-electron chi connectivity index (χ0n) is 8.33. The van der Waals surface area contributed by atoms with Gasteiger partial charge in [0, 0.05) is 12.6 Å². The molecule has 0 fully saturated rings. The Morgan fingerprint density at radius 2 is 1.88 bits per heavy atom. The Morgan fingerprint density at radius 1 is 1.25 bits per heavy atom. The normalized spacial score (nSPS) is 19.0. The lowest BCUT2D eigenvalue weighted by Gasteiger charge is -2.18. The predicted molar refractivity (Wildman–Crippen MR) is 62.9 cm³/mol. The first-order valence-electron chi connectivity index (χ1n) is 4.39. The van der Waals surface area contributed by atoms with Crippen LogP contribution in [0.4, 0.5) is 0 Å².